The summed E-state index contributed by atoms with van der Waals surface area (Å²) >= 11 is 0. The van der Waals surface area contributed by atoms with E-state index in [9.17, 15) is 19.8 Å². The summed E-state index contributed by atoms with van der Waals surface area (Å²) in [5.41, 5.74) is 2.95. The van der Waals surface area contributed by atoms with E-state index < -0.39 is 11.8 Å². The van der Waals surface area contributed by atoms with Crippen LogP contribution in [0.4, 0.5) is 0 Å². The van der Waals surface area contributed by atoms with Crippen molar-refractivity contribution >= 4 is 18.0 Å². The van der Waals surface area contributed by atoms with Gasteiger partial charge in [0.05, 0.1) is 19.4 Å². The number of nitrogens with one attached hydrogen (secondary N) is 2. The number of phenolic OH excluding ortho intramolecular Hbond substituents is 2. The van der Waals surface area contributed by atoms with Crippen molar-refractivity contribution in [3.63, 3.8) is 0 Å². The van der Waals surface area contributed by atoms with Gasteiger partial charge in [0.25, 0.3) is 11.8 Å². The maximum atomic E-state index is 12.0. The highest BCUT2D eigenvalue weighted by atomic mass is 16.5. The van der Waals surface area contributed by atoms with Crippen molar-refractivity contribution in [3.8, 4) is 17.2 Å². The SMILES string of the molecule is CCOc1ccc(C(=O)NCC(=O)N/N=C\c2ccc(O)cc2O)cc1. The lowest BCUT2D eigenvalue weighted by atomic mass is 10.2. The second kappa shape index (κ2) is 9.07. The first-order valence-corrected chi connectivity index (χ1v) is 7.84. The van der Waals surface area contributed by atoms with Gasteiger partial charge in [0.15, 0.2) is 0 Å². The normalized spacial score (nSPS) is 10.5. The first-order chi connectivity index (χ1) is 12.5. The third kappa shape index (κ3) is 5.52. The van der Waals surface area contributed by atoms with Crippen LogP contribution >= 0.6 is 0 Å². The number of hydrazone groups is 1. The smallest absolute Gasteiger partial charge is 0.259 e. The number of rotatable bonds is 7. The molecule has 0 aliphatic rings. The summed E-state index contributed by atoms with van der Waals surface area (Å²) in [6.07, 6.45) is 1.22. The molecule has 8 nitrogen and oxygen atoms in total. The Morgan fingerprint density at radius 2 is 1.88 bits per heavy atom. The molecular formula is C18H19N3O5. The Morgan fingerprint density at radius 3 is 2.54 bits per heavy atom. The molecule has 8 heteroatoms. The molecule has 0 saturated heterocycles. The van der Waals surface area contributed by atoms with E-state index in [1.165, 1.54) is 18.3 Å². The summed E-state index contributed by atoms with van der Waals surface area (Å²) in [5, 5.41) is 24.9. The molecule has 0 bridgehead atoms. The van der Waals surface area contributed by atoms with Gasteiger partial charge in [-0.1, -0.05) is 0 Å². The number of phenols is 2. The van der Waals surface area contributed by atoms with Crippen LogP contribution < -0.4 is 15.5 Å². The van der Waals surface area contributed by atoms with Gasteiger partial charge in [-0.3, -0.25) is 9.59 Å². The quantitative estimate of drug-likeness (QED) is 0.441. The van der Waals surface area contributed by atoms with Crippen LogP contribution in [0.2, 0.25) is 0 Å². The predicted molar refractivity (Wildman–Crippen MR) is 95.5 cm³/mol. The second-order valence-electron chi connectivity index (χ2n) is 5.18. The highest BCUT2D eigenvalue weighted by molar-refractivity contribution is 5.96. The maximum absolute atomic E-state index is 12.0. The minimum Gasteiger partial charge on any atom is -0.508 e. The number of amides is 2. The van der Waals surface area contributed by atoms with Gasteiger partial charge in [0, 0.05) is 17.2 Å². The zero-order chi connectivity index (χ0) is 18.9. The van der Waals surface area contributed by atoms with E-state index in [1.54, 1.807) is 24.3 Å². The molecule has 0 radical (unpaired) electrons. The number of carbonyl (C=O) groups excluding carboxylic acids is 2. The van der Waals surface area contributed by atoms with Crippen molar-refractivity contribution in [1.82, 2.24) is 10.7 Å². The lowest BCUT2D eigenvalue weighted by Gasteiger charge is -2.06. The zero-order valence-corrected chi connectivity index (χ0v) is 14.1. The monoisotopic (exact) mass is 357 g/mol. The van der Waals surface area contributed by atoms with Crippen LogP contribution in [0.1, 0.15) is 22.8 Å². The zero-order valence-electron chi connectivity index (χ0n) is 14.1. The average Bonchev–Trinajstić information content (AvgIpc) is 2.62. The van der Waals surface area contributed by atoms with Crippen LogP contribution in [0, 0.1) is 0 Å². The van der Waals surface area contributed by atoms with Gasteiger partial charge < -0.3 is 20.3 Å². The topological polar surface area (TPSA) is 120 Å². The van der Waals surface area contributed by atoms with E-state index in [-0.39, 0.29) is 18.0 Å². The van der Waals surface area contributed by atoms with E-state index in [0.29, 0.717) is 23.5 Å². The van der Waals surface area contributed by atoms with Gasteiger partial charge >= 0.3 is 0 Å². The van der Waals surface area contributed by atoms with E-state index in [2.05, 4.69) is 15.8 Å². The molecule has 0 fully saturated rings. The summed E-state index contributed by atoms with van der Waals surface area (Å²) in [5.74, 6) is -0.525. The van der Waals surface area contributed by atoms with Gasteiger partial charge in [-0.2, -0.15) is 5.10 Å². The second-order valence-corrected chi connectivity index (χ2v) is 5.18. The minimum atomic E-state index is -0.529. The molecule has 0 atom stereocenters. The van der Waals surface area contributed by atoms with Crippen LogP contribution in [0.3, 0.4) is 0 Å². The number of hydrogen-bond acceptors (Lipinski definition) is 6. The van der Waals surface area contributed by atoms with Crippen LogP contribution in [0.15, 0.2) is 47.6 Å². The molecular weight excluding hydrogens is 338 g/mol. The largest absolute Gasteiger partial charge is 0.508 e. The molecule has 4 N–H and O–H groups in total. The molecule has 0 heterocycles. The first-order valence-electron chi connectivity index (χ1n) is 7.84. The standard InChI is InChI=1S/C18H19N3O5/c1-2-26-15-7-4-12(5-8-15)18(25)19-11-17(24)21-20-10-13-3-6-14(22)9-16(13)23/h3-10,22-23H,2,11H2,1H3,(H,19,25)(H,21,24)/b20-10-. The molecule has 2 rings (SSSR count). The van der Waals surface area contributed by atoms with Crippen molar-refractivity contribution in [3.05, 3.63) is 53.6 Å². The summed E-state index contributed by atoms with van der Waals surface area (Å²) < 4.78 is 5.29. The number of ether oxygens (including phenoxy) is 1. The fourth-order valence-electron chi connectivity index (χ4n) is 1.99. The van der Waals surface area contributed by atoms with Crippen molar-refractivity contribution in [2.24, 2.45) is 5.10 Å². The number of carbonyl (C=O) groups is 2. The van der Waals surface area contributed by atoms with Gasteiger partial charge in [0.1, 0.15) is 17.2 Å². The molecule has 0 spiro atoms. The third-order valence-electron chi connectivity index (χ3n) is 3.24. The van der Waals surface area contributed by atoms with Crippen LogP contribution in [0.25, 0.3) is 0 Å². The first kappa shape index (κ1) is 18.8. The number of hydrogen-bond donors (Lipinski definition) is 4. The molecule has 0 saturated carbocycles. The Bertz CT molecular complexity index is 803. The molecule has 2 aromatic carbocycles. The fraction of sp³-hybridized carbons (Fsp3) is 0.167. The molecule has 136 valence electrons. The van der Waals surface area contributed by atoms with Crippen LogP contribution in [-0.4, -0.2) is 41.4 Å². The Balaban J connectivity index is 1.80. The molecule has 0 aliphatic carbocycles. The molecule has 0 unspecified atom stereocenters. The van der Waals surface area contributed by atoms with E-state index in [1.807, 2.05) is 6.92 Å². The Morgan fingerprint density at radius 1 is 1.15 bits per heavy atom. The van der Waals surface area contributed by atoms with Crippen molar-refractivity contribution in [2.75, 3.05) is 13.2 Å². The van der Waals surface area contributed by atoms with Gasteiger partial charge in [-0.15, -0.1) is 0 Å². The van der Waals surface area contributed by atoms with Crippen LogP contribution in [0.5, 0.6) is 17.2 Å². The third-order valence-corrected chi connectivity index (χ3v) is 3.24. The predicted octanol–water partition coefficient (Wildman–Crippen LogP) is 1.38. The van der Waals surface area contributed by atoms with Crippen molar-refractivity contribution in [2.45, 2.75) is 6.92 Å². The van der Waals surface area contributed by atoms with E-state index in [0.717, 1.165) is 6.07 Å². The maximum Gasteiger partial charge on any atom is 0.259 e. The Kier molecular flexibility index (Phi) is 6.55. The van der Waals surface area contributed by atoms with E-state index in [4.69, 9.17) is 4.74 Å². The Labute approximate surface area is 150 Å². The summed E-state index contributed by atoms with van der Waals surface area (Å²) in [4.78, 5) is 23.6. The Hall–Kier alpha value is -3.55. The lowest BCUT2D eigenvalue weighted by Crippen LogP contribution is -2.34. The number of aromatic hydroxyl groups is 2. The minimum absolute atomic E-state index is 0.0827. The molecule has 26 heavy (non-hydrogen) atoms. The molecule has 2 aromatic rings. The van der Waals surface area contributed by atoms with Crippen molar-refractivity contribution < 1.29 is 24.5 Å². The van der Waals surface area contributed by atoms with Gasteiger partial charge in [0.2, 0.25) is 0 Å². The van der Waals surface area contributed by atoms with Gasteiger partial charge in [-0.25, -0.2) is 5.43 Å². The van der Waals surface area contributed by atoms with Gasteiger partial charge in [-0.05, 0) is 43.3 Å². The number of nitrogens with zero attached hydrogens (tertiary/aromatic N) is 1. The molecule has 0 aliphatic heterocycles. The number of benzene rings is 2. The summed E-state index contributed by atoms with van der Waals surface area (Å²) in [6, 6.07) is 10.5. The summed E-state index contributed by atoms with van der Waals surface area (Å²) in [6.45, 7) is 2.14. The molecule has 0 aromatic heterocycles. The lowest BCUT2D eigenvalue weighted by molar-refractivity contribution is -0.120. The summed E-state index contributed by atoms with van der Waals surface area (Å²) in [7, 11) is 0. The molecule has 2 amide bonds. The van der Waals surface area contributed by atoms with Crippen molar-refractivity contribution in [1.29, 1.82) is 0 Å². The average molecular weight is 357 g/mol. The van der Waals surface area contributed by atoms with Crippen LogP contribution in [-0.2, 0) is 4.79 Å². The van der Waals surface area contributed by atoms with E-state index >= 15 is 0 Å². The fourth-order valence-corrected chi connectivity index (χ4v) is 1.99. The highest BCUT2D eigenvalue weighted by Gasteiger charge is 2.08. The highest BCUT2D eigenvalue weighted by Crippen LogP contribution is 2.20.